The zero-order valence-corrected chi connectivity index (χ0v) is 52.2. The number of ether oxygens (including phenoxy) is 2. The Bertz CT molecular complexity index is 2740. The number of hydrogen-bond acceptors (Lipinski definition) is 11. The Morgan fingerprint density at radius 1 is 0.325 bits per heavy atom. The lowest BCUT2D eigenvalue weighted by Gasteiger charge is -2.59. The van der Waals surface area contributed by atoms with Gasteiger partial charge in [-0.1, -0.05) is 62.3 Å². The van der Waals surface area contributed by atoms with Gasteiger partial charge in [0.1, 0.15) is 52.7 Å². The first-order valence-electron chi connectivity index (χ1n) is 34.4. The van der Waals surface area contributed by atoms with E-state index < -0.39 is 16.2 Å². The molecular weight excluding hydrogens is 1040 g/mol. The van der Waals surface area contributed by atoms with Gasteiger partial charge < -0.3 is 9.47 Å². The van der Waals surface area contributed by atoms with E-state index in [1.165, 1.54) is 0 Å². The molecule has 0 aromatic carbocycles. The van der Waals surface area contributed by atoms with E-state index in [9.17, 15) is 43.2 Å². The average Bonchev–Trinajstić information content (AvgIpc) is 1.78. The van der Waals surface area contributed by atoms with Gasteiger partial charge in [-0.15, -0.1) is 0 Å². The molecule has 12 aliphatic carbocycles. The van der Waals surface area contributed by atoms with Gasteiger partial charge in [-0.3, -0.25) is 43.2 Å². The number of carbonyl (C=O) groups excluding carboxylic acids is 9. The van der Waals surface area contributed by atoms with Gasteiger partial charge in [-0.2, -0.15) is 0 Å². The summed E-state index contributed by atoms with van der Waals surface area (Å²) < 4.78 is 12.6. The maximum atomic E-state index is 14.9. The van der Waals surface area contributed by atoms with Gasteiger partial charge in [0.15, 0.2) is 0 Å². The summed E-state index contributed by atoms with van der Waals surface area (Å²) in [6.45, 7) is 20.0. The van der Waals surface area contributed by atoms with E-state index in [-0.39, 0.29) is 206 Å². The summed E-state index contributed by atoms with van der Waals surface area (Å²) in [5.74, 6) is 1.49. The molecule has 11 heteroatoms. The molecule has 14 heterocycles. The van der Waals surface area contributed by atoms with Crippen molar-refractivity contribution in [2.75, 3.05) is 0 Å². The van der Waals surface area contributed by atoms with Gasteiger partial charge in [0.25, 0.3) is 0 Å². The van der Waals surface area contributed by atoms with E-state index in [4.69, 9.17) is 9.47 Å². The van der Waals surface area contributed by atoms with Crippen LogP contribution in [0.15, 0.2) is 0 Å². The third-order valence-corrected chi connectivity index (χ3v) is 30.7. The Morgan fingerprint density at radius 3 is 1.00 bits per heavy atom. The highest BCUT2D eigenvalue weighted by atomic mass is 16.5. The lowest BCUT2D eigenvalue weighted by atomic mass is 9.43. The maximum absolute atomic E-state index is 14.9. The minimum Gasteiger partial charge on any atom is -0.462 e. The van der Waals surface area contributed by atoms with Crippen LogP contribution in [0.25, 0.3) is 0 Å². The van der Waals surface area contributed by atoms with Crippen molar-refractivity contribution in [1.82, 2.24) is 0 Å². The molecule has 0 amide bonds. The van der Waals surface area contributed by atoms with Gasteiger partial charge in [0.05, 0.1) is 0 Å². The van der Waals surface area contributed by atoms with Gasteiger partial charge in [-0.05, 0) is 221 Å². The Balaban J connectivity index is 0.736. The molecule has 12 saturated carbocycles. The second-order valence-corrected chi connectivity index (χ2v) is 33.4. The summed E-state index contributed by atoms with van der Waals surface area (Å²) in [6, 6.07) is 0. The largest absolute Gasteiger partial charge is 0.462 e. The molecule has 14 saturated heterocycles. The van der Waals surface area contributed by atoms with Gasteiger partial charge >= 0.3 is 11.9 Å². The van der Waals surface area contributed by atoms with Crippen LogP contribution >= 0.6 is 0 Å². The second-order valence-electron chi connectivity index (χ2n) is 33.4. The smallest absolute Gasteiger partial charge is 0.306 e. The molecule has 0 aromatic heterocycles. The highest BCUT2D eigenvalue weighted by Crippen LogP contribution is 2.71. The molecule has 24 bridgehead atoms. The summed E-state index contributed by atoms with van der Waals surface area (Å²) in [6.07, 6.45) is 16.7. The van der Waals surface area contributed by atoms with Crippen molar-refractivity contribution in [3.05, 3.63) is 0 Å². The van der Waals surface area contributed by atoms with Crippen LogP contribution in [-0.2, 0) is 52.6 Å². The standard InChI is InChI=1S/C72H102O11/c1-37-10-19-55(73)40-22-25-67(4)41(28-40)31-56(74)64-49-17-14-47(71(49,8)59(77)34-52(64)67)38(2)11-20-62(80)83-45-24-27-69(6)43(30-45)33-58(76)66-51-18-15-48(72(51,9)61(79)36-54(66)69)39(3)12-21-63(81)82-44-23-26-68(5)42(29-44)32-57(75)65-50-16-13-46(37)70(50,7)60(78)35-53(65)68/h37-54,64-66H,10-36H2,1-9H3/t37-,38-,39-,40-,41+,42+,43+,44-,45-,46-,47-,48-,49+,50+,51+,52+,53+,54+,64+,65+,66+,67+,68+,69+,70-,71-,72-/m1/s1. The predicted molar refractivity (Wildman–Crippen MR) is 311 cm³/mol. The Kier molecular flexibility index (Phi) is 14.6. The van der Waals surface area contributed by atoms with Crippen molar-refractivity contribution < 1.29 is 52.6 Å². The first kappa shape index (κ1) is 58.6. The normalized spacial score (nSPS) is 53.8. The summed E-state index contributed by atoms with van der Waals surface area (Å²) in [5, 5.41) is 0. The fraction of sp³-hybridized carbons (Fsp3) is 0.875. The maximum Gasteiger partial charge on any atom is 0.306 e. The van der Waals surface area contributed by atoms with Crippen molar-refractivity contribution in [3.63, 3.8) is 0 Å². The van der Waals surface area contributed by atoms with Gasteiger partial charge in [-0.25, -0.2) is 0 Å². The van der Waals surface area contributed by atoms with E-state index in [1.807, 2.05) is 0 Å². The molecule has 0 unspecified atom stereocenters. The van der Waals surface area contributed by atoms with Crippen molar-refractivity contribution in [2.45, 2.75) is 248 Å². The van der Waals surface area contributed by atoms with E-state index in [0.717, 1.165) is 64.2 Å². The number of ketones is 7. The Morgan fingerprint density at radius 2 is 0.639 bits per heavy atom. The van der Waals surface area contributed by atoms with E-state index >= 15 is 0 Å². The Hall–Kier alpha value is -3.37. The van der Waals surface area contributed by atoms with Crippen LogP contribution in [0, 0.1) is 145 Å². The SMILES string of the molecule is C[C@@H]1CCC(=O)O[C@@H]2CC[C@@]3(C)[C@H](CC(=O)[C@@H]4[C@@H]3CC(=O)[C@]3(C)[C@H](CC[C@@H]43)[C@H](C)CCC(=O)[C@@H]3CC[C@@]4(C)[C@H](CC(=O)[C@@H]5[C@@H]4CC(=O)[C@]4(C)[C@H](CC[C@@H]54)[C@H](C)CCC(=O)O[C@@H]4CC[C@@]5(C)[C@H](CC(=O)[C@@H]6[C@@H]5CC(=O)[C@]5(C)[C@@H]1CC[C@@H]65)C4)C3)C2. The number of carbonyl (C=O) groups is 9. The molecule has 26 rings (SSSR count). The molecule has 26 fully saturated rings. The van der Waals surface area contributed by atoms with Crippen molar-refractivity contribution >= 4 is 52.4 Å². The molecule has 14 aliphatic heterocycles. The summed E-state index contributed by atoms with van der Waals surface area (Å²) in [5.41, 5.74) is -2.47. The van der Waals surface area contributed by atoms with Crippen LogP contribution in [0.3, 0.4) is 0 Å². The fourth-order valence-corrected chi connectivity index (χ4v) is 25.6. The van der Waals surface area contributed by atoms with E-state index in [0.29, 0.717) is 96.3 Å². The summed E-state index contributed by atoms with van der Waals surface area (Å²) in [4.78, 5) is 131. The van der Waals surface area contributed by atoms with E-state index in [2.05, 4.69) is 62.3 Å². The third kappa shape index (κ3) is 8.68. The van der Waals surface area contributed by atoms with Gasteiger partial charge in [0.2, 0.25) is 0 Å². The number of esters is 2. The van der Waals surface area contributed by atoms with Crippen LogP contribution < -0.4 is 0 Å². The molecule has 456 valence electrons. The van der Waals surface area contributed by atoms with Crippen LogP contribution in [-0.4, -0.2) is 64.6 Å². The van der Waals surface area contributed by atoms with Crippen LogP contribution in [0.1, 0.15) is 236 Å². The van der Waals surface area contributed by atoms with Crippen molar-refractivity contribution in [1.29, 1.82) is 0 Å². The molecule has 26 aliphatic rings. The zero-order valence-electron chi connectivity index (χ0n) is 52.2. The Labute approximate surface area is 495 Å². The zero-order chi connectivity index (χ0) is 58.8. The molecule has 0 N–H and O–H groups in total. The summed E-state index contributed by atoms with van der Waals surface area (Å²) >= 11 is 0. The fourth-order valence-electron chi connectivity index (χ4n) is 25.6. The molecular formula is C72H102O11. The number of hydrogen-bond donors (Lipinski definition) is 0. The molecule has 0 spiro atoms. The topological polar surface area (TPSA) is 172 Å². The molecule has 0 radical (unpaired) electrons. The highest BCUT2D eigenvalue weighted by molar-refractivity contribution is 5.94. The summed E-state index contributed by atoms with van der Waals surface area (Å²) in [7, 11) is 0. The minimum atomic E-state index is -0.632. The number of fused-ring (bicyclic) bond motifs is 2. The second kappa shape index (κ2) is 20.6. The highest BCUT2D eigenvalue weighted by Gasteiger charge is 2.70. The van der Waals surface area contributed by atoms with E-state index in [1.54, 1.807) is 0 Å². The first-order valence-corrected chi connectivity index (χ1v) is 34.4. The molecule has 11 nitrogen and oxygen atoms in total. The van der Waals surface area contributed by atoms with Crippen LogP contribution in [0.4, 0.5) is 0 Å². The van der Waals surface area contributed by atoms with Crippen LogP contribution in [0.5, 0.6) is 0 Å². The molecule has 83 heavy (non-hydrogen) atoms. The van der Waals surface area contributed by atoms with Crippen molar-refractivity contribution in [2.24, 2.45) is 145 Å². The lowest BCUT2D eigenvalue weighted by Crippen LogP contribution is -2.60. The van der Waals surface area contributed by atoms with Gasteiger partial charge in [0, 0.05) is 97.7 Å². The first-order chi connectivity index (χ1) is 39.3. The molecule has 0 aromatic rings. The third-order valence-electron chi connectivity index (χ3n) is 30.7. The van der Waals surface area contributed by atoms with Crippen molar-refractivity contribution in [3.8, 4) is 0 Å². The van der Waals surface area contributed by atoms with Crippen LogP contribution in [0.2, 0.25) is 0 Å². The quantitative estimate of drug-likeness (QED) is 0.211. The number of Topliss-reactive ketones (excluding diaryl/α,β-unsaturated/α-hetero) is 7. The minimum absolute atomic E-state index is 0.00616. The molecule has 27 atom stereocenters. The average molecular weight is 1140 g/mol. The number of rotatable bonds is 0. The predicted octanol–water partition coefficient (Wildman–Crippen LogP) is 13.3. The lowest BCUT2D eigenvalue weighted by molar-refractivity contribution is -0.174. The monoisotopic (exact) mass is 1140 g/mol.